The maximum Gasteiger partial charge on any atom is 0.461 e. The van der Waals surface area contributed by atoms with Crippen LogP contribution >= 0.6 is 0 Å². The molecule has 90 valence electrons. The van der Waals surface area contributed by atoms with Crippen LogP contribution in [0.2, 0.25) is 0 Å². The van der Waals surface area contributed by atoms with Gasteiger partial charge in [-0.15, -0.1) is 0 Å². The van der Waals surface area contributed by atoms with Gasteiger partial charge in [-0.05, 0) is 12.3 Å². The molecular weight excluding hydrogens is 219 g/mol. The molecule has 0 aromatic rings. The Morgan fingerprint density at radius 3 is 1.93 bits per heavy atom. The van der Waals surface area contributed by atoms with E-state index in [0.717, 1.165) is 0 Å². The van der Waals surface area contributed by atoms with Crippen molar-refractivity contribution < 1.29 is 26.7 Å². The number of hydrogen-bond donors (Lipinski definition) is 0. The summed E-state index contributed by atoms with van der Waals surface area (Å²) in [4.78, 5) is 10.6. The molecular formula is C9H13F5O. The van der Waals surface area contributed by atoms with Crippen molar-refractivity contribution in [2.45, 2.75) is 45.2 Å². The minimum absolute atomic E-state index is 0.0577. The Hall–Kier alpha value is -0.680. The van der Waals surface area contributed by atoms with Gasteiger partial charge in [0.15, 0.2) is 0 Å². The highest BCUT2D eigenvalue weighted by atomic mass is 19.4. The first kappa shape index (κ1) is 14.3. The van der Waals surface area contributed by atoms with Gasteiger partial charge in [0.2, 0.25) is 5.78 Å². The zero-order valence-corrected chi connectivity index (χ0v) is 8.50. The second-order valence-electron chi connectivity index (χ2n) is 3.78. The van der Waals surface area contributed by atoms with Crippen LogP contribution in [-0.4, -0.2) is 17.9 Å². The summed E-state index contributed by atoms with van der Waals surface area (Å²) in [6.45, 7) is 3.60. The fourth-order valence-corrected chi connectivity index (χ4v) is 0.986. The van der Waals surface area contributed by atoms with Gasteiger partial charge in [0.25, 0.3) is 0 Å². The van der Waals surface area contributed by atoms with Gasteiger partial charge >= 0.3 is 12.1 Å². The Balaban J connectivity index is 4.21. The predicted molar refractivity (Wildman–Crippen MR) is 44.7 cm³/mol. The molecule has 0 rings (SSSR count). The van der Waals surface area contributed by atoms with E-state index in [9.17, 15) is 26.7 Å². The molecule has 0 saturated carbocycles. The van der Waals surface area contributed by atoms with E-state index in [1.807, 2.05) is 0 Å². The summed E-state index contributed by atoms with van der Waals surface area (Å²) in [5.74, 6) is -7.07. The molecule has 0 aliphatic carbocycles. The van der Waals surface area contributed by atoms with E-state index in [-0.39, 0.29) is 12.3 Å². The summed E-state index contributed by atoms with van der Waals surface area (Å²) < 4.78 is 59.8. The van der Waals surface area contributed by atoms with Crippen molar-refractivity contribution in [3.63, 3.8) is 0 Å². The van der Waals surface area contributed by atoms with E-state index in [1.54, 1.807) is 13.8 Å². The fourth-order valence-electron chi connectivity index (χ4n) is 0.986. The molecule has 0 radical (unpaired) electrons. The normalized spacial score (nSPS) is 13.3. The highest BCUT2D eigenvalue weighted by molar-refractivity contribution is 5.86. The van der Waals surface area contributed by atoms with Crippen LogP contribution in [0.5, 0.6) is 0 Å². The van der Waals surface area contributed by atoms with Crippen molar-refractivity contribution in [3.05, 3.63) is 0 Å². The molecule has 0 amide bonds. The third kappa shape index (κ3) is 4.13. The first-order valence-electron chi connectivity index (χ1n) is 4.57. The highest BCUT2D eigenvalue weighted by Crippen LogP contribution is 2.37. The zero-order valence-electron chi connectivity index (χ0n) is 8.50. The quantitative estimate of drug-likeness (QED) is 0.662. The monoisotopic (exact) mass is 232 g/mol. The molecule has 0 atom stereocenters. The van der Waals surface area contributed by atoms with Gasteiger partial charge in [-0.3, -0.25) is 4.79 Å². The number of Topliss-reactive ketones (excluding diaryl/α,β-unsaturated/α-hetero) is 1. The van der Waals surface area contributed by atoms with Crippen LogP contribution < -0.4 is 0 Å². The van der Waals surface area contributed by atoms with Gasteiger partial charge in [0, 0.05) is 6.42 Å². The summed E-state index contributed by atoms with van der Waals surface area (Å²) in [6.07, 6.45) is -5.99. The number of hydrogen-bond acceptors (Lipinski definition) is 1. The Labute approximate surface area is 84.6 Å². The average Bonchev–Trinajstić information content (AvgIpc) is 2.01. The lowest BCUT2D eigenvalue weighted by molar-refractivity contribution is -0.268. The lowest BCUT2D eigenvalue weighted by Gasteiger charge is -2.18. The molecule has 0 heterocycles. The topological polar surface area (TPSA) is 17.1 Å². The number of carbonyl (C=O) groups is 1. The molecule has 0 spiro atoms. The van der Waals surface area contributed by atoms with Crippen LogP contribution in [0.15, 0.2) is 0 Å². The molecule has 0 aromatic carbocycles. The maximum atomic E-state index is 12.4. The molecule has 6 heteroatoms. The van der Waals surface area contributed by atoms with Gasteiger partial charge in [-0.1, -0.05) is 20.3 Å². The van der Waals surface area contributed by atoms with E-state index in [0.29, 0.717) is 6.42 Å². The molecule has 1 nitrogen and oxygen atoms in total. The van der Waals surface area contributed by atoms with Crippen molar-refractivity contribution in [2.75, 3.05) is 0 Å². The van der Waals surface area contributed by atoms with Gasteiger partial charge < -0.3 is 0 Å². The largest absolute Gasteiger partial charge is 0.461 e. The number of rotatable bonds is 5. The third-order valence-electron chi connectivity index (χ3n) is 1.89. The zero-order chi connectivity index (χ0) is 12.3. The lowest BCUT2D eigenvalue weighted by atomic mass is 10.0. The predicted octanol–water partition coefficient (Wildman–Crippen LogP) is 3.58. The van der Waals surface area contributed by atoms with Gasteiger partial charge in [0.05, 0.1) is 0 Å². The Kier molecular flexibility index (Phi) is 4.67. The maximum absolute atomic E-state index is 12.4. The first-order chi connectivity index (χ1) is 6.59. The van der Waals surface area contributed by atoms with E-state index >= 15 is 0 Å². The van der Waals surface area contributed by atoms with Gasteiger partial charge in [-0.25, -0.2) is 0 Å². The van der Waals surface area contributed by atoms with Crippen molar-refractivity contribution in [1.82, 2.24) is 0 Å². The minimum Gasteiger partial charge on any atom is -0.293 e. The number of ketones is 1. The summed E-state index contributed by atoms with van der Waals surface area (Å²) in [6, 6.07) is 0. The van der Waals surface area contributed by atoms with Crippen LogP contribution in [0.1, 0.15) is 33.1 Å². The smallest absolute Gasteiger partial charge is 0.293 e. The summed E-state index contributed by atoms with van der Waals surface area (Å²) in [7, 11) is 0. The van der Waals surface area contributed by atoms with E-state index in [1.165, 1.54) is 0 Å². The Morgan fingerprint density at radius 2 is 1.60 bits per heavy atom. The summed E-state index contributed by atoms with van der Waals surface area (Å²) in [5, 5.41) is 0. The summed E-state index contributed by atoms with van der Waals surface area (Å²) >= 11 is 0. The molecule has 0 aliphatic heterocycles. The molecule has 0 N–H and O–H groups in total. The van der Waals surface area contributed by atoms with E-state index < -0.39 is 24.3 Å². The fraction of sp³-hybridized carbons (Fsp3) is 0.889. The second-order valence-corrected chi connectivity index (χ2v) is 3.78. The van der Waals surface area contributed by atoms with E-state index in [4.69, 9.17) is 0 Å². The van der Waals surface area contributed by atoms with Crippen LogP contribution in [0.25, 0.3) is 0 Å². The van der Waals surface area contributed by atoms with Crippen molar-refractivity contribution in [3.8, 4) is 0 Å². The van der Waals surface area contributed by atoms with Crippen molar-refractivity contribution in [2.24, 2.45) is 5.92 Å². The number of alkyl halides is 5. The molecule has 0 saturated heterocycles. The molecule has 0 fully saturated rings. The SMILES string of the molecule is CC(C)CCCC(=O)C(F)(F)C(F)(F)F. The molecule has 0 aliphatic rings. The van der Waals surface area contributed by atoms with Crippen LogP contribution in [0.4, 0.5) is 22.0 Å². The third-order valence-corrected chi connectivity index (χ3v) is 1.89. The number of carbonyl (C=O) groups excluding carboxylic acids is 1. The number of halogens is 5. The van der Waals surface area contributed by atoms with Gasteiger partial charge in [0.1, 0.15) is 0 Å². The van der Waals surface area contributed by atoms with Crippen LogP contribution in [0.3, 0.4) is 0 Å². The van der Waals surface area contributed by atoms with Crippen molar-refractivity contribution >= 4 is 5.78 Å². The molecule has 0 aromatic heterocycles. The van der Waals surface area contributed by atoms with Gasteiger partial charge in [-0.2, -0.15) is 22.0 Å². The summed E-state index contributed by atoms with van der Waals surface area (Å²) in [5.41, 5.74) is 0. The Morgan fingerprint density at radius 1 is 1.13 bits per heavy atom. The average molecular weight is 232 g/mol. The first-order valence-corrected chi connectivity index (χ1v) is 4.57. The Bertz CT molecular complexity index is 219. The highest BCUT2D eigenvalue weighted by Gasteiger charge is 2.62. The van der Waals surface area contributed by atoms with Crippen molar-refractivity contribution in [1.29, 1.82) is 0 Å². The molecule has 0 unspecified atom stereocenters. The molecule has 0 bridgehead atoms. The lowest BCUT2D eigenvalue weighted by Crippen LogP contribution is -2.43. The van der Waals surface area contributed by atoms with Crippen LogP contribution in [-0.2, 0) is 4.79 Å². The molecule has 15 heavy (non-hydrogen) atoms. The van der Waals surface area contributed by atoms with E-state index in [2.05, 4.69) is 0 Å². The minimum atomic E-state index is -5.78. The second kappa shape index (κ2) is 4.90. The standard InChI is InChI=1S/C9H13F5O/c1-6(2)4-3-5-7(15)8(10,11)9(12,13)14/h6H,3-5H2,1-2H3. The van der Waals surface area contributed by atoms with Crippen LogP contribution in [0, 0.1) is 5.92 Å².